The lowest BCUT2D eigenvalue weighted by atomic mass is 10.0. The number of unbranched alkanes of at least 4 members (excludes halogenated alkanes) is 1. The lowest BCUT2D eigenvalue weighted by Crippen LogP contribution is -2.60. The van der Waals surface area contributed by atoms with Gasteiger partial charge in [0.1, 0.15) is 42.9 Å². The van der Waals surface area contributed by atoms with Gasteiger partial charge >= 0.3 is 11.9 Å². The molecule has 1 aromatic rings. The van der Waals surface area contributed by atoms with E-state index in [-0.39, 0.29) is 44.8 Å². The van der Waals surface area contributed by atoms with Gasteiger partial charge in [0.05, 0.1) is 12.1 Å². The minimum atomic E-state index is -1.44. The number of ether oxygens (including phenoxy) is 1. The standard InChI is InChI=1S/C40H65N11O11/c1-21(2)31(36(58)47-27(14-15-30(53)54)35(57)49-29-19-22(3)51(38(29)60)23(4)33(42)55)50-37(59)32(24(5)52)45-18-16-28(39(61)62-20-25-11-7-6-8-12-25)48-34(56)26(41)13-9-10-17-46-40(43)44/h6-8,11-12,21-24,26-29,31-32,45,52H,9-10,13-20,41H2,1-5H3,(H2,42,55)(H,47,58)(H,48,56)(H,49,57)(H,50,59)(H,53,54)(H4,43,44,46)/t22?,23-,24-,26-,27-,28-,29-,31-,32-/m1/s1. The third-order valence-electron chi connectivity index (χ3n) is 10.2. The summed E-state index contributed by atoms with van der Waals surface area (Å²) in [4.78, 5) is 109. The van der Waals surface area contributed by atoms with Crippen molar-refractivity contribution in [2.45, 2.75) is 141 Å². The van der Waals surface area contributed by atoms with Crippen LogP contribution >= 0.6 is 0 Å². The zero-order valence-corrected chi connectivity index (χ0v) is 36.0. The molecule has 0 radical (unpaired) electrons. The molecular formula is C40H65N11O11. The van der Waals surface area contributed by atoms with Gasteiger partial charge in [-0.2, -0.15) is 0 Å². The van der Waals surface area contributed by atoms with Crippen LogP contribution in [0.5, 0.6) is 0 Å². The number of carbonyl (C=O) groups is 8. The van der Waals surface area contributed by atoms with Gasteiger partial charge in [0.25, 0.3) is 0 Å². The Morgan fingerprint density at radius 3 is 2.06 bits per heavy atom. The average molecular weight is 876 g/mol. The number of likely N-dealkylation sites (tertiary alicyclic amines) is 1. The third-order valence-corrected chi connectivity index (χ3v) is 10.2. The summed E-state index contributed by atoms with van der Waals surface area (Å²) in [6, 6.07) is 0.0721. The number of aliphatic hydroxyl groups is 1. The third kappa shape index (κ3) is 17.2. The fourth-order valence-electron chi connectivity index (χ4n) is 6.67. The number of hydrogen-bond acceptors (Lipinski definition) is 13. The molecule has 0 aromatic heterocycles. The fourth-order valence-corrected chi connectivity index (χ4v) is 6.67. The topological polar surface area (TPSA) is 366 Å². The number of nitrogens with two attached hydrogens (primary N) is 4. The molecular weight excluding hydrogens is 811 g/mol. The van der Waals surface area contributed by atoms with Gasteiger partial charge in [-0.1, -0.05) is 44.2 Å². The molecule has 1 aliphatic heterocycles. The van der Waals surface area contributed by atoms with Gasteiger partial charge < -0.3 is 69.4 Å². The highest BCUT2D eigenvalue weighted by atomic mass is 16.5. The monoisotopic (exact) mass is 875 g/mol. The SMILES string of the molecule is CC(C)[C@@H](NC(=O)[C@H](NCC[C@@H](NC(=O)[C@H](N)CCCCN=C(N)N)C(=O)OCc1ccccc1)[C@@H](C)O)C(=O)N[C@H](CCC(=O)O)C(=O)N[C@@H]1CC(C)N([C@H](C)C(N)=O)C1=O. The Labute approximate surface area is 361 Å². The summed E-state index contributed by atoms with van der Waals surface area (Å²) in [5.74, 6) is -7.15. The van der Waals surface area contributed by atoms with Crippen molar-refractivity contribution in [2.24, 2.45) is 33.8 Å². The number of carbonyl (C=O) groups excluding carboxylic acids is 7. The first-order chi connectivity index (χ1) is 29.1. The van der Waals surface area contributed by atoms with Gasteiger partial charge in [-0.25, -0.2) is 4.79 Å². The van der Waals surface area contributed by atoms with Crippen LogP contribution in [-0.2, 0) is 49.7 Å². The molecule has 1 aromatic carbocycles. The van der Waals surface area contributed by atoms with Gasteiger partial charge in [-0.15, -0.1) is 0 Å². The summed E-state index contributed by atoms with van der Waals surface area (Å²) < 4.78 is 5.48. The number of aliphatic hydroxyl groups excluding tert-OH is 1. The normalized spacial score (nSPS) is 18.3. The number of primary amides is 1. The molecule has 0 saturated carbocycles. The zero-order valence-electron chi connectivity index (χ0n) is 36.0. The Morgan fingerprint density at radius 2 is 1.48 bits per heavy atom. The summed E-state index contributed by atoms with van der Waals surface area (Å²) in [5.41, 5.74) is 22.9. The van der Waals surface area contributed by atoms with E-state index in [0.29, 0.717) is 24.9 Å². The van der Waals surface area contributed by atoms with Gasteiger partial charge in [-0.05, 0) is 77.3 Å². The van der Waals surface area contributed by atoms with Crippen LogP contribution in [0.25, 0.3) is 0 Å². The molecule has 22 nitrogen and oxygen atoms in total. The van der Waals surface area contributed by atoms with Crippen molar-refractivity contribution in [1.82, 2.24) is 31.5 Å². The first kappa shape index (κ1) is 52.3. The molecule has 1 saturated heterocycles. The van der Waals surface area contributed by atoms with Gasteiger partial charge in [-0.3, -0.25) is 38.6 Å². The van der Waals surface area contributed by atoms with Crippen molar-refractivity contribution in [1.29, 1.82) is 0 Å². The van der Waals surface area contributed by atoms with Gasteiger partial charge in [0.15, 0.2) is 5.96 Å². The number of guanidine groups is 1. The van der Waals surface area contributed by atoms with Gasteiger partial charge in [0, 0.05) is 19.0 Å². The Hall–Kier alpha value is -5.87. The van der Waals surface area contributed by atoms with Crippen LogP contribution in [0.15, 0.2) is 35.3 Å². The molecule has 0 spiro atoms. The molecule has 2 rings (SSSR count). The average Bonchev–Trinajstić information content (AvgIpc) is 3.48. The van der Waals surface area contributed by atoms with E-state index in [1.807, 2.05) is 0 Å². The second kappa shape index (κ2) is 25.8. The molecule has 9 atom stereocenters. The van der Waals surface area contributed by atoms with E-state index < -0.39 is 114 Å². The molecule has 1 heterocycles. The molecule has 1 unspecified atom stereocenters. The number of amides is 6. The number of nitrogens with zero attached hydrogens (tertiary/aromatic N) is 2. The molecule has 6 amide bonds. The van der Waals surface area contributed by atoms with E-state index in [1.54, 1.807) is 51.1 Å². The maximum atomic E-state index is 13.7. The number of aliphatic imine (C=N–C) groups is 1. The summed E-state index contributed by atoms with van der Waals surface area (Å²) in [6.45, 7) is 7.82. The smallest absolute Gasteiger partial charge is 0.329 e. The lowest BCUT2D eigenvalue weighted by Gasteiger charge is -2.29. The summed E-state index contributed by atoms with van der Waals surface area (Å²) in [7, 11) is 0. The second-order valence-corrected chi connectivity index (χ2v) is 15.7. The number of rotatable bonds is 27. The largest absolute Gasteiger partial charge is 0.481 e. The second-order valence-electron chi connectivity index (χ2n) is 15.7. The number of esters is 1. The van der Waals surface area contributed by atoms with Crippen LogP contribution in [0.1, 0.15) is 85.1 Å². The number of nitrogens with one attached hydrogen (secondary N) is 5. The Morgan fingerprint density at radius 1 is 0.855 bits per heavy atom. The van der Waals surface area contributed by atoms with Crippen molar-refractivity contribution in [3.05, 3.63) is 35.9 Å². The number of aliphatic carboxylic acids is 1. The van der Waals surface area contributed by atoms with E-state index in [1.165, 1.54) is 18.7 Å². The van der Waals surface area contributed by atoms with E-state index in [0.717, 1.165) is 0 Å². The van der Waals surface area contributed by atoms with Crippen LogP contribution in [-0.4, -0.2) is 136 Å². The van der Waals surface area contributed by atoms with Crippen LogP contribution in [0.3, 0.4) is 0 Å². The molecule has 22 heteroatoms. The van der Waals surface area contributed by atoms with Crippen molar-refractivity contribution >= 4 is 53.3 Å². The molecule has 1 aliphatic rings. The Bertz CT molecular complexity index is 1730. The molecule has 1 fully saturated rings. The van der Waals surface area contributed by atoms with Crippen molar-refractivity contribution in [3.8, 4) is 0 Å². The van der Waals surface area contributed by atoms with E-state index >= 15 is 0 Å². The Kier molecular flexibility index (Phi) is 21.7. The fraction of sp³-hybridized carbons (Fsp3) is 0.625. The van der Waals surface area contributed by atoms with E-state index in [9.17, 15) is 48.6 Å². The molecule has 62 heavy (non-hydrogen) atoms. The first-order valence-corrected chi connectivity index (χ1v) is 20.6. The summed E-state index contributed by atoms with van der Waals surface area (Å²) in [6.07, 6.45) is -0.863. The number of hydrogen-bond donors (Lipinski definition) is 11. The van der Waals surface area contributed by atoms with Crippen molar-refractivity contribution < 1.29 is 53.3 Å². The van der Waals surface area contributed by atoms with Crippen molar-refractivity contribution in [3.63, 3.8) is 0 Å². The minimum absolute atomic E-state index is 0.0552. The predicted molar refractivity (Wildman–Crippen MR) is 226 cm³/mol. The minimum Gasteiger partial charge on any atom is -0.481 e. The van der Waals surface area contributed by atoms with Crippen LogP contribution in [0.2, 0.25) is 0 Å². The summed E-state index contributed by atoms with van der Waals surface area (Å²) >= 11 is 0. The maximum Gasteiger partial charge on any atom is 0.329 e. The number of carboxylic acids is 1. The highest BCUT2D eigenvalue weighted by Gasteiger charge is 2.43. The molecule has 0 aliphatic carbocycles. The van der Waals surface area contributed by atoms with E-state index in [2.05, 4.69) is 31.6 Å². The predicted octanol–water partition coefficient (Wildman–Crippen LogP) is -2.82. The molecule has 346 valence electrons. The highest BCUT2D eigenvalue weighted by Crippen LogP contribution is 2.22. The highest BCUT2D eigenvalue weighted by molar-refractivity contribution is 5.97. The van der Waals surface area contributed by atoms with Crippen LogP contribution in [0, 0.1) is 5.92 Å². The Balaban J connectivity index is 2.16. The van der Waals surface area contributed by atoms with Crippen LogP contribution in [0.4, 0.5) is 0 Å². The number of carboxylic acid groups (broad SMARTS) is 1. The first-order valence-electron chi connectivity index (χ1n) is 20.6. The van der Waals surface area contributed by atoms with Gasteiger partial charge in [0.2, 0.25) is 35.4 Å². The lowest BCUT2D eigenvalue weighted by molar-refractivity contribution is -0.149. The molecule has 15 N–H and O–H groups in total. The van der Waals surface area contributed by atoms with E-state index in [4.69, 9.17) is 27.7 Å². The van der Waals surface area contributed by atoms with Crippen LogP contribution < -0.4 is 49.5 Å². The summed E-state index contributed by atoms with van der Waals surface area (Å²) in [5, 5.41) is 33.1. The molecule has 0 bridgehead atoms. The zero-order chi connectivity index (χ0) is 46.7. The quantitative estimate of drug-likeness (QED) is 0.0184. The number of benzene rings is 1. The maximum absolute atomic E-state index is 13.7. The van der Waals surface area contributed by atoms with Crippen molar-refractivity contribution in [2.75, 3.05) is 13.1 Å².